The predicted octanol–water partition coefficient (Wildman–Crippen LogP) is 3.94. The number of hydrogen-bond acceptors (Lipinski definition) is 9. The molecule has 1 N–H and O–H groups in total. The molecule has 1 amide bonds. The van der Waals surface area contributed by atoms with Crippen LogP contribution in [-0.4, -0.2) is 47.8 Å². The predicted molar refractivity (Wildman–Crippen MR) is 137 cm³/mol. The topological polar surface area (TPSA) is 102 Å². The number of ether oxygens (including phenoxy) is 3. The van der Waals surface area contributed by atoms with Crippen LogP contribution >= 0.6 is 11.8 Å². The number of nitrogens with one attached hydrogen (secondary N) is 1. The summed E-state index contributed by atoms with van der Waals surface area (Å²) in [5.74, 6) is 0.541. The minimum Gasteiger partial charge on any atom is -0.497 e. The fraction of sp³-hybridized carbons (Fsp3) is 0.308. The van der Waals surface area contributed by atoms with Crippen molar-refractivity contribution in [2.75, 3.05) is 20.8 Å². The third-order valence-electron chi connectivity index (χ3n) is 5.72. The highest BCUT2D eigenvalue weighted by atomic mass is 32.2. The van der Waals surface area contributed by atoms with Gasteiger partial charge >= 0.3 is 5.97 Å². The van der Waals surface area contributed by atoms with Crippen LogP contribution in [0.3, 0.4) is 0 Å². The Hall–Kier alpha value is -3.79. The van der Waals surface area contributed by atoms with Crippen molar-refractivity contribution in [1.29, 1.82) is 0 Å². The Kier molecular flexibility index (Phi) is 7.94. The minimum absolute atomic E-state index is 0.103. The number of amides is 1. The van der Waals surface area contributed by atoms with Crippen LogP contribution in [0.4, 0.5) is 0 Å². The molecule has 0 bridgehead atoms. The highest BCUT2D eigenvalue weighted by Gasteiger charge is 2.41. The highest BCUT2D eigenvalue weighted by molar-refractivity contribution is 8.16. The summed E-state index contributed by atoms with van der Waals surface area (Å²) in [5.41, 5.74) is 3.21. The van der Waals surface area contributed by atoms with Crippen molar-refractivity contribution in [3.05, 3.63) is 76.2 Å². The molecule has 1 aromatic carbocycles. The number of hydrogen-bond donors (Lipinski definition) is 1. The molecule has 2 aliphatic heterocycles. The van der Waals surface area contributed by atoms with E-state index in [-0.39, 0.29) is 18.9 Å². The smallest absolute Gasteiger partial charge is 0.338 e. The molecular weight excluding hydrogens is 480 g/mol. The Labute approximate surface area is 214 Å². The number of amidine groups is 1. The van der Waals surface area contributed by atoms with E-state index in [9.17, 15) is 9.59 Å². The van der Waals surface area contributed by atoms with Gasteiger partial charge in [0.2, 0.25) is 5.91 Å². The SMILES string of the molecule is CCOC(=O)C1=C(C)N=C2SC=C(CC(=O)NCc3ccccn3)N2C1c1cc(OC)cc(OC)c1. The van der Waals surface area contributed by atoms with Crippen molar-refractivity contribution < 1.29 is 23.8 Å². The van der Waals surface area contributed by atoms with Crippen LogP contribution in [-0.2, 0) is 20.9 Å². The largest absolute Gasteiger partial charge is 0.497 e. The first kappa shape index (κ1) is 25.3. The lowest BCUT2D eigenvalue weighted by Gasteiger charge is -2.36. The number of carbonyl (C=O) groups excluding carboxylic acids is 2. The van der Waals surface area contributed by atoms with Gasteiger partial charge in [-0.25, -0.2) is 9.79 Å². The maximum absolute atomic E-state index is 13.1. The lowest BCUT2D eigenvalue weighted by atomic mass is 9.93. The number of thioether (sulfide) groups is 1. The van der Waals surface area contributed by atoms with Gasteiger partial charge in [-0.05, 0) is 49.1 Å². The molecule has 1 unspecified atom stereocenters. The Morgan fingerprint density at radius 3 is 2.53 bits per heavy atom. The first-order valence-corrected chi connectivity index (χ1v) is 12.3. The number of esters is 1. The molecule has 0 saturated carbocycles. The highest BCUT2D eigenvalue weighted by Crippen LogP contribution is 2.46. The number of aliphatic imine (C=N–C) groups is 1. The van der Waals surface area contributed by atoms with E-state index in [4.69, 9.17) is 14.2 Å². The lowest BCUT2D eigenvalue weighted by molar-refractivity contribution is -0.139. The summed E-state index contributed by atoms with van der Waals surface area (Å²) in [6, 6.07) is 10.4. The molecule has 1 atom stereocenters. The number of carbonyl (C=O) groups is 2. The first-order valence-electron chi connectivity index (χ1n) is 11.5. The van der Waals surface area contributed by atoms with Gasteiger partial charge in [0, 0.05) is 18.0 Å². The number of pyridine rings is 1. The van der Waals surface area contributed by atoms with E-state index in [0.29, 0.717) is 34.5 Å². The number of fused-ring (bicyclic) bond motifs is 1. The van der Waals surface area contributed by atoms with Gasteiger partial charge in [-0.2, -0.15) is 0 Å². The average Bonchev–Trinajstić information content (AvgIpc) is 3.28. The summed E-state index contributed by atoms with van der Waals surface area (Å²) < 4.78 is 16.4. The van der Waals surface area contributed by atoms with Gasteiger partial charge in [-0.3, -0.25) is 9.78 Å². The van der Waals surface area contributed by atoms with Crippen molar-refractivity contribution in [3.63, 3.8) is 0 Å². The van der Waals surface area contributed by atoms with Gasteiger partial charge < -0.3 is 24.4 Å². The van der Waals surface area contributed by atoms with Crippen molar-refractivity contribution in [2.24, 2.45) is 4.99 Å². The first-order chi connectivity index (χ1) is 17.4. The van der Waals surface area contributed by atoms with Crippen LogP contribution < -0.4 is 14.8 Å². The molecule has 188 valence electrons. The second-order valence-electron chi connectivity index (χ2n) is 8.03. The molecule has 1 aromatic heterocycles. The lowest BCUT2D eigenvalue weighted by Crippen LogP contribution is -2.38. The molecule has 0 fully saturated rings. The second-order valence-corrected chi connectivity index (χ2v) is 8.87. The third-order valence-corrected chi connectivity index (χ3v) is 6.61. The maximum atomic E-state index is 13.1. The van der Waals surface area contributed by atoms with E-state index in [1.54, 1.807) is 40.3 Å². The number of benzene rings is 1. The number of aromatic nitrogens is 1. The molecule has 3 heterocycles. The van der Waals surface area contributed by atoms with Crippen LogP contribution in [0.15, 0.2) is 70.0 Å². The zero-order valence-corrected chi connectivity index (χ0v) is 21.4. The molecule has 0 spiro atoms. The Morgan fingerprint density at radius 1 is 1.14 bits per heavy atom. The number of allylic oxidation sites excluding steroid dienone is 1. The average molecular weight is 509 g/mol. The second kappa shape index (κ2) is 11.3. The quantitative estimate of drug-likeness (QED) is 0.508. The molecule has 9 nitrogen and oxygen atoms in total. The molecule has 2 aliphatic rings. The minimum atomic E-state index is -0.578. The van der Waals surface area contributed by atoms with E-state index >= 15 is 0 Å². The summed E-state index contributed by atoms with van der Waals surface area (Å²) in [6.07, 6.45) is 1.79. The normalized spacial score (nSPS) is 16.7. The van der Waals surface area contributed by atoms with Gasteiger partial charge in [0.25, 0.3) is 0 Å². The van der Waals surface area contributed by atoms with Crippen LogP contribution in [0.1, 0.15) is 37.6 Å². The van der Waals surface area contributed by atoms with Gasteiger partial charge in [0.1, 0.15) is 11.5 Å². The molecule has 2 aromatic rings. The Bertz CT molecular complexity index is 1220. The van der Waals surface area contributed by atoms with E-state index in [1.807, 2.05) is 40.6 Å². The number of methoxy groups -OCH3 is 2. The summed E-state index contributed by atoms with van der Waals surface area (Å²) in [6.45, 7) is 4.11. The number of rotatable bonds is 9. The summed E-state index contributed by atoms with van der Waals surface area (Å²) >= 11 is 1.41. The van der Waals surface area contributed by atoms with Crippen molar-refractivity contribution in [2.45, 2.75) is 32.9 Å². The fourth-order valence-electron chi connectivity index (χ4n) is 4.06. The zero-order chi connectivity index (χ0) is 25.7. The maximum Gasteiger partial charge on any atom is 0.338 e. The third kappa shape index (κ3) is 5.38. The number of nitrogens with zero attached hydrogens (tertiary/aromatic N) is 3. The molecule has 4 rings (SSSR count). The van der Waals surface area contributed by atoms with Crippen LogP contribution in [0.2, 0.25) is 0 Å². The Morgan fingerprint density at radius 2 is 1.89 bits per heavy atom. The monoisotopic (exact) mass is 508 g/mol. The summed E-state index contributed by atoms with van der Waals surface area (Å²) in [4.78, 5) is 36.8. The molecule has 0 aliphatic carbocycles. The van der Waals surface area contributed by atoms with Crippen molar-refractivity contribution in [1.82, 2.24) is 15.2 Å². The van der Waals surface area contributed by atoms with Gasteiger partial charge in [0.15, 0.2) is 5.17 Å². The van der Waals surface area contributed by atoms with Crippen molar-refractivity contribution in [3.8, 4) is 11.5 Å². The zero-order valence-electron chi connectivity index (χ0n) is 20.6. The van der Waals surface area contributed by atoms with E-state index < -0.39 is 12.0 Å². The van der Waals surface area contributed by atoms with E-state index in [0.717, 1.165) is 17.0 Å². The molecule has 0 saturated heterocycles. The van der Waals surface area contributed by atoms with Crippen LogP contribution in [0, 0.1) is 0 Å². The summed E-state index contributed by atoms with van der Waals surface area (Å²) in [5, 5.41) is 5.49. The molecular formula is C26H28N4O5S. The van der Waals surface area contributed by atoms with Gasteiger partial charge in [0.05, 0.1) is 56.8 Å². The standard InChI is InChI=1S/C26H28N4O5S/c1-5-35-25(32)23-16(2)29-26-30(24(23)17-10-20(33-3)13-21(11-17)34-4)19(15-36-26)12-22(31)28-14-18-8-6-7-9-27-18/h6-11,13,15,24H,5,12,14H2,1-4H3,(H,28,31). The van der Waals surface area contributed by atoms with Gasteiger partial charge in [-0.1, -0.05) is 17.8 Å². The van der Waals surface area contributed by atoms with Gasteiger partial charge in [-0.15, -0.1) is 0 Å². The van der Waals surface area contributed by atoms with E-state index in [2.05, 4.69) is 15.3 Å². The van der Waals surface area contributed by atoms with Crippen LogP contribution in [0.25, 0.3) is 0 Å². The molecule has 10 heteroatoms. The fourth-order valence-corrected chi connectivity index (χ4v) is 5.03. The Balaban J connectivity index is 1.67. The van der Waals surface area contributed by atoms with E-state index in [1.165, 1.54) is 11.8 Å². The molecule has 36 heavy (non-hydrogen) atoms. The van der Waals surface area contributed by atoms with Crippen LogP contribution in [0.5, 0.6) is 11.5 Å². The van der Waals surface area contributed by atoms with Crippen molar-refractivity contribution >= 4 is 28.8 Å². The molecule has 0 radical (unpaired) electrons. The summed E-state index contributed by atoms with van der Waals surface area (Å²) in [7, 11) is 3.14.